The summed E-state index contributed by atoms with van der Waals surface area (Å²) in [5, 5.41) is 7.65. The fraction of sp³-hybridized carbons (Fsp3) is 0.407. The van der Waals surface area contributed by atoms with E-state index in [1.807, 2.05) is 30.4 Å². The number of aliphatic imine (C=N–C) groups is 1. The number of rotatable bonds is 16. The number of pyridine rings is 1. The van der Waals surface area contributed by atoms with Gasteiger partial charge in [0.25, 0.3) is 0 Å². The molecule has 2 N–H and O–H groups in total. The van der Waals surface area contributed by atoms with Gasteiger partial charge in [-0.2, -0.15) is 0 Å². The van der Waals surface area contributed by atoms with Crippen LogP contribution in [0.15, 0.2) is 60.6 Å². The van der Waals surface area contributed by atoms with Crippen LogP contribution in [0, 0.1) is 0 Å². The highest BCUT2D eigenvalue weighted by molar-refractivity contribution is 6.33. The zero-order chi connectivity index (χ0) is 23.2. The zero-order valence-corrected chi connectivity index (χ0v) is 20.1. The van der Waals surface area contributed by atoms with Gasteiger partial charge in [0, 0.05) is 23.8 Å². The van der Waals surface area contributed by atoms with E-state index >= 15 is 0 Å². The Bertz CT molecular complexity index is 861. The van der Waals surface area contributed by atoms with E-state index in [-0.39, 0.29) is 0 Å². The Kier molecular flexibility index (Phi) is 11.6. The fourth-order valence-electron chi connectivity index (χ4n) is 3.67. The molecule has 1 aromatic carbocycles. The van der Waals surface area contributed by atoms with Gasteiger partial charge >= 0.3 is 0 Å². The summed E-state index contributed by atoms with van der Waals surface area (Å²) in [7, 11) is 0. The number of nitrogens with one attached hydrogen (secondary N) is 2. The normalized spacial score (nSPS) is 11.6. The molecule has 1 heterocycles. The summed E-state index contributed by atoms with van der Waals surface area (Å²) in [6.45, 7) is 14.5. The molecule has 0 spiro atoms. The zero-order valence-electron chi connectivity index (χ0n) is 19.4. The number of aromatic nitrogens is 1. The van der Waals surface area contributed by atoms with Crippen molar-refractivity contribution in [2.24, 2.45) is 4.99 Å². The lowest BCUT2D eigenvalue weighted by Gasteiger charge is -2.21. The molecule has 0 aliphatic carbocycles. The predicted octanol–water partition coefficient (Wildman–Crippen LogP) is 8.44. The minimum Gasteiger partial charge on any atom is -0.385 e. The Morgan fingerprint density at radius 3 is 2.44 bits per heavy atom. The number of benzene rings is 1. The summed E-state index contributed by atoms with van der Waals surface area (Å²) >= 11 is 6.65. The predicted molar refractivity (Wildman–Crippen MR) is 143 cm³/mol. The molecular formula is C27H37ClN4. The lowest BCUT2D eigenvalue weighted by Crippen LogP contribution is -2.19. The SMILES string of the molecule is C=CCCCCNc1ccc(-c2nc(N=C)c(NC(CCC)CCCC=C)cc2Cl)cc1. The van der Waals surface area contributed by atoms with Gasteiger partial charge in [0.2, 0.25) is 0 Å². The standard InChI is InChI=1S/C27H37ClN4/c1-5-8-10-12-19-30-22-17-15-21(16-18-22)26-24(28)20-25(27(29-4)32-26)31-23(13-7-3)14-11-9-6-2/h5-6,15-18,20,23,30-31H,1-2,4,7-14,19H2,3H3. The van der Waals surface area contributed by atoms with Crippen LogP contribution in [0.4, 0.5) is 17.2 Å². The molecule has 4 nitrogen and oxygen atoms in total. The van der Waals surface area contributed by atoms with E-state index in [4.69, 9.17) is 16.6 Å². The van der Waals surface area contributed by atoms with E-state index in [0.29, 0.717) is 16.9 Å². The molecule has 0 bridgehead atoms. The Hall–Kier alpha value is -2.59. The molecule has 0 amide bonds. The third-order valence-corrected chi connectivity index (χ3v) is 5.67. The highest BCUT2D eigenvalue weighted by atomic mass is 35.5. The highest BCUT2D eigenvalue weighted by Crippen LogP contribution is 2.35. The molecule has 1 aromatic heterocycles. The van der Waals surface area contributed by atoms with Crippen molar-refractivity contribution in [3.05, 3.63) is 60.7 Å². The second-order valence-electron chi connectivity index (χ2n) is 7.99. The average molecular weight is 453 g/mol. The van der Waals surface area contributed by atoms with E-state index in [0.717, 1.165) is 80.5 Å². The molecule has 32 heavy (non-hydrogen) atoms. The number of anilines is 2. The highest BCUT2D eigenvalue weighted by Gasteiger charge is 2.15. The molecule has 1 unspecified atom stereocenters. The number of hydrogen-bond acceptors (Lipinski definition) is 4. The van der Waals surface area contributed by atoms with Crippen LogP contribution in [0.3, 0.4) is 0 Å². The molecule has 0 saturated carbocycles. The third-order valence-electron chi connectivity index (χ3n) is 5.39. The quantitative estimate of drug-likeness (QED) is 0.152. The van der Waals surface area contributed by atoms with Crippen molar-refractivity contribution in [1.82, 2.24) is 4.98 Å². The van der Waals surface area contributed by atoms with Gasteiger partial charge in [-0.15, -0.1) is 13.2 Å². The molecule has 5 heteroatoms. The van der Waals surface area contributed by atoms with Gasteiger partial charge in [-0.1, -0.05) is 49.2 Å². The smallest absolute Gasteiger partial charge is 0.175 e. The first-order valence-corrected chi connectivity index (χ1v) is 12.0. The molecule has 1 atom stereocenters. The van der Waals surface area contributed by atoms with Gasteiger partial charge in [-0.05, 0) is 69.9 Å². The molecule has 0 aliphatic heterocycles. The first-order valence-electron chi connectivity index (χ1n) is 11.6. The van der Waals surface area contributed by atoms with Crippen molar-refractivity contribution in [2.45, 2.75) is 64.3 Å². The number of allylic oxidation sites excluding steroid dienone is 2. The van der Waals surface area contributed by atoms with Gasteiger partial charge in [0.15, 0.2) is 5.82 Å². The maximum absolute atomic E-state index is 6.65. The van der Waals surface area contributed by atoms with Crippen LogP contribution < -0.4 is 10.6 Å². The molecule has 2 aromatic rings. The van der Waals surface area contributed by atoms with Gasteiger partial charge in [-0.3, -0.25) is 0 Å². The number of nitrogens with zero attached hydrogens (tertiary/aromatic N) is 2. The molecule has 0 radical (unpaired) electrons. The van der Waals surface area contributed by atoms with E-state index in [1.165, 1.54) is 0 Å². The maximum Gasteiger partial charge on any atom is 0.175 e. The van der Waals surface area contributed by atoms with E-state index in [2.05, 4.69) is 54.6 Å². The summed E-state index contributed by atoms with van der Waals surface area (Å²) in [5.41, 5.74) is 3.60. The van der Waals surface area contributed by atoms with Crippen LogP contribution in [-0.4, -0.2) is 24.3 Å². The molecule has 0 aliphatic rings. The topological polar surface area (TPSA) is 49.3 Å². The van der Waals surface area contributed by atoms with Crippen LogP contribution in [0.25, 0.3) is 11.3 Å². The van der Waals surface area contributed by atoms with Crippen LogP contribution in [0.2, 0.25) is 5.02 Å². The average Bonchev–Trinajstić information content (AvgIpc) is 2.80. The number of hydrogen-bond donors (Lipinski definition) is 2. The first kappa shape index (κ1) is 25.7. The van der Waals surface area contributed by atoms with Gasteiger partial charge < -0.3 is 10.6 Å². The van der Waals surface area contributed by atoms with Crippen LogP contribution in [0.5, 0.6) is 0 Å². The fourth-order valence-corrected chi connectivity index (χ4v) is 3.93. The lowest BCUT2D eigenvalue weighted by molar-refractivity contribution is 0.573. The molecule has 2 rings (SSSR count). The van der Waals surface area contributed by atoms with Crippen molar-refractivity contribution >= 4 is 35.5 Å². The minimum atomic E-state index is 0.348. The third kappa shape index (κ3) is 8.16. The van der Waals surface area contributed by atoms with Crippen LogP contribution >= 0.6 is 11.6 Å². The van der Waals surface area contributed by atoms with E-state index in [1.54, 1.807) is 0 Å². The Morgan fingerprint density at radius 1 is 1.06 bits per heavy atom. The van der Waals surface area contributed by atoms with Crippen molar-refractivity contribution < 1.29 is 0 Å². The molecular weight excluding hydrogens is 416 g/mol. The second-order valence-corrected chi connectivity index (χ2v) is 8.39. The summed E-state index contributed by atoms with van der Waals surface area (Å²) in [6.07, 6.45) is 12.6. The van der Waals surface area contributed by atoms with Crippen molar-refractivity contribution in [2.75, 3.05) is 17.2 Å². The van der Waals surface area contributed by atoms with Gasteiger partial charge in [-0.25, -0.2) is 9.98 Å². The number of halogens is 1. The maximum atomic E-state index is 6.65. The van der Waals surface area contributed by atoms with Gasteiger partial charge in [0.05, 0.1) is 16.4 Å². The monoisotopic (exact) mass is 452 g/mol. The Morgan fingerprint density at radius 2 is 1.78 bits per heavy atom. The minimum absolute atomic E-state index is 0.348. The summed E-state index contributed by atoms with van der Waals surface area (Å²) in [5.74, 6) is 0.582. The summed E-state index contributed by atoms with van der Waals surface area (Å²) in [4.78, 5) is 8.90. The molecule has 172 valence electrons. The molecule has 0 saturated heterocycles. The van der Waals surface area contributed by atoms with Crippen LogP contribution in [0.1, 0.15) is 58.3 Å². The van der Waals surface area contributed by atoms with Crippen molar-refractivity contribution in [3.63, 3.8) is 0 Å². The van der Waals surface area contributed by atoms with Crippen LogP contribution in [-0.2, 0) is 0 Å². The Balaban J connectivity index is 2.12. The lowest BCUT2D eigenvalue weighted by atomic mass is 10.0. The molecule has 0 fully saturated rings. The van der Waals surface area contributed by atoms with E-state index < -0.39 is 0 Å². The largest absolute Gasteiger partial charge is 0.385 e. The summed E-state index contributed by atoms with van der Waals surface area (Å²) < 4.78 is 0. The van der Waals surface area contributed by atoms with Gasteiger partial charge in [0.1, 0.15) is 0 Å². The summed E-state index contributed by atoms with van der Waals surface area (Å²) in [6, 6.07) is 10.5. The second kappa shape index (κ2) is 14.5. The van der Waals surface area contributed by atoms with Crippen molar-refractivity contribution in [3.8, 4) is 11.3 Å². The number of unbranched alkanes of at least 4 members (excludes halogenated alkanes) is 3. The van der Waals surface area contributed by atoms with Crippen molar-refractivity contribution in [1.29, 1.82) is 0 Å². The Labute approximate surface area is 198 Å². The van der Waals surface area contributed by atoms with E-state index in [9.17, 15) is 0 Å². The first-order chi connectivity index (χ1) is 15.6.